The maximum Gasteiger partial charge on any atom is 0.251 e. The van der Waals surface area contributed by atoms with Gasteiger partial charge in [-0.1, -0.05) is 37.6 Å². The van der Waals surface area contributed by atoms with Crippen molar-refractivity contribution < 1.29 is 9.53 Å². The predicted octanol–water partition coefficient (Wildman–Crippen LogP) is 4.58. The van der Waals surface area contributed by atoms with Crippen molar-refractivity contribution in [2.45, 2.75) is 32.7 Å². The Balaban J connectivity index is 1.76. The van der Waals surface area contributed by atoms with Crippen molar-refractivity contribution >= 4 is 17.5 Å². The van der Waals surface area contributed by atoms with Crippen molar-refractivity contribution in [1.29, 1.82) is 0 Å². The van der Waals surface area contributed by atoms with Crippen LogP contribution in [0.5, 0.6) is 5.75 Å². The van der Waals surface area contributed by atoms with Gasteiger partial charge in [0, 0.05) is 22.5 Å². The molecule has 0 heterocycles. The van der Waals surface area contributed by atoms with Gasteiger partial charge in [-0.25, -0.2) is 0 Å². The Bertz CT molecular complexity index is 768. The van der Waals surface area contributed by atoms with Crippen molar-refractivity contribution in [2.75, 3.05) is 7.11 Å². The number of ether oxygens (including phenoxy) is 1. The van der Waals surface area contributed by atoms with Crippen LogP contribution in [0.4, 0.5) is 0 Å². The molecule has 0 bridgehead atoms. The maximum atomic E-state index is 12.7. The number of carbonyl (C=O) groups excluding carboxylic acids is 1. The van der Waals surface area contributed by atoms with Gasteiger partial charge in [0.2, 0.25) is 0 Å². The number of rotatable bonds is 4. The maximum absolute atomic E-state index is 12.7. The van der Waals surface area contributed by atoms with Crippen molar-refractivity contribution in [3.05, 3.63) is 64.2 Å². The molecule has 1 fully saturated rings. The number of nitrogens with one attached hydrogen (secondary N) is 1. The second-order valence-corrected chi connectivity index (χ2v) is 7.42. The van der Waals surface area contributed by atoms with E-state index < -0.39 is 0 Å². The zero-order valence-corrected chi connectivity index (χ0v) is 15.1. The van der Waals surface area contributed by atoms with Crippen LogP contribution < -0.4 is 10.1 Å². The fourth-order valence-corrected chi connectivity index (χ4v) is 3.56. The van der Waals surface area contributed by atoms with Crippen molar-refractivity contribution in [2.24, 2.45) is 5.41 Å². The Morgan fingerprint density at radius 3 is 2.42 bits per heavy atom. The molecule has 3 rings (SSSR count). The van der Waals surface area contributed by atoms with Crippen LogP contribution in [0.25, 0.3) is 0 Å². The minimum Gasteiger partial charge on any atom is -0.497 e. The van der Waals surface area contributed by atoms with Gasteiger partial charge in [-0.15, -0.1) is 0 Å². The summed E-state index contributed by atoms with van der Waals surface area (Å²) in [4.78, 5) is 12.7. The summed E-state index contributed by atoms with van der Waals surface area (Å²) in [5.74, 6) is 1.02. The zero-order chi connectivity index (χ0) is 17.5. The van der Waals surface area contributed by atoms with E-state index in [0.717, 1.165) is 16.3 Å². The SMILES string of the molecule is COc1ccc(C(=O)NC2C(c3ccc(Cl)cc3)C2(C)C)c(C)c1. The molecule has 24 heavy (non-hydrogen) atoms. The summed E-state index contributed by atoms with van der Waals surface area (Å²) in [6.45, 7) is 6.28. The largest absolute Gasteiger partial charge is 0.497 e. The van der Waals surface area contributed by atoms with Crippen LogP contribution in [0.15, 0.2) is 42.5 Å². The molecule has 0 saturated heterocycles. The Kier molecular flexibility index (Phi) is 4.31. The molecule has 0 aliphatic heterocycles. The number of halogens is 1. The zero-order valence-electron chi connectivity index (χ0n) is 14.4. The summed E-state index contributed by atoms with van der Waals surface area (Å²) in [6.07, 6.45) is 0. The summed E-state index contributed by atoms with van der Waals surface area (Å²) >= 11 is 5.97. The quantitative estimate of drug-likeness (QED) is 0.882. The molecule has 1 amide bonds. The van der Waals surface area contributed by atoms with Gasteiger partial charge in [0.25, 0.3) is 5.91 Å². The minimum atomic E-state index is -0.0373. The Labute approximate surface area is 148 Å². The lowest BCUT2D eigenvalue weighted by Crippen LogP contribution is -2.29. The molecule has 2 aromatic rings. The Morgan fingerprint density at radius 2 is 1.83 bits per heavy atom. The highest BCUT2D eigenvalue weighted by Crippen LogP contribution is 2.58. The van der Waals surface area contributed by atoms with E-state index in [2.05, 4.69) is 19.2 Å². The van der Waals surface area contributed by atoms with E-state index in [1.165, 1.54) is 5.56 Å². The van der Waals surface area contributed by atoms with E-state index in [1.54, 1.807) is 7.11 Å². The number of methoxy groups -OCH3 is 1. The van der Waals surface area contributed by atoms with Crippen LogP contribution in [-0.2, 0) is 0 Å². The average molecular weight is 344 g/mol. The molecule has 2 atom stereocenters. The molecule has 1 saturated carbocycles. The first-order chi connectivity index (χ1) is 11.3. The molecule has 126 valence electrons. The third-order valence-electron chi connectivity index (χ3n) is 5.02. The molecule has 2 unspecified atom stereocenters. The summed E-state index contributed by atoms with van der Waals surface area (Å²) in [7, 11) is 1.62. The number of amides is 1. The Hall–Kier alpha value is -2.00. The molecule has 4 heteroatoms. The van der Waals surface area contributed by atoms with E-state index in [9.17, 15) is 4.79 Å². The molecular formula is C20H22ClNO2. The summed E-state index contributed by atoms with van der Waals surface area (Å²) in [5.41, 5.74) is 2.84. The number of carbonyl (C=O) groups is 1. The highest BCUT2D eigenvalue weighted by molar-refractivity contribution is 6.30. The summed E-state index contributed by atoms with van der Waals surface area (Å²) < 4.78 is 5.20. The lowest BCUT2D eigenvalue weighted by atomic mass is 10.0. The van der Waals surface area contributed by atoms with Gasteiger partial charge < -0.3 is 10.1 Å². The molecule has 3 nitrogen and oxygen atoms in total. The van der Waals surface area contributed by atoms with E-state index in [4.69, 9.17) is 16.3 Å². The summed E-state index contributed by atoms with van der Waals surface area (Å²) in [5, 5.41) is 3.92. The van der Waals surface area contributed by atoms with Crippen LogP contribution in [0.1, 0.15) is 41.3 Å². The molecular weight excluding hydrogens is 322 g/mol. The van der Waals surface area contributed by atoms with Gasteiger partial charge in [0.05, 0.1) is 7.11 Å². The van der Waals surface area contributed by atoms with Gasteiger partial charge in [0.15, 0.2) is 0 Å². The highest BCUT2D eigenvalue weighted by atomic mass is 35.5. The first kappa shape index (κ1) is 16.8. The fraction of sp³-hybridized carbons (Fsp3) is 0.350. The normalized spacial score (nSPS) is 21.2. The smallest absolute Gasteiger partial charge is 0.251 e. The van der Waals surface area contributed by atoms with E-state index >= 15 is 0 Å². The molecule has 1 aliphatic carbocycles. The van der Waals surface area contributed by atoms with Crippen LogP contribution in [0.3, 0.4) is 0 Å². The van der Waals surface area contributed by atoms with Gasteiger partial charge in [-0.3, -0.25) is 4.79 Å². The van der Waals surface area contributed by atoms with E-state index in [0.29, 0.717) is 11.5 Å². The first-order valence-electron chi connectivity index (χ1n) is 8.05. The van der Waals surface area contributed by atoms with Gasteiger partial charge in [-0.05, 0) is 53.8 Å². The van der Waals surface area contributed by atoms with E-state index in [-0.39, 0.29) is 17.4 Å². The first-order valence-corrected chi connectivity index (χ1v) is 8.43. The van der Waals surface area contributed by atoms with Gasteiger partial charge in [-0.2, -0.15) is 0 Å². The number of hydrogen-bond acceptors (Lipinski definition) is 2. The molecule has 0 spiro atoms. The van der Waals surface area contributed by atoms with Crippen molar-refractivity contribution in [1.82, 2.24) is 5.32 Å². The van der Waals surface area contributed by atoms with Crippen LogP contribution in [0.2, 0.25) is 5.02 Å². The topological polar surface area (TPSA) is 38.3 Å². The van der Waals surface area contributed by atoms with Gasteiger partial charge >= 0.3 is 0 Å². The van der Waals surface area contributed by atoms with Crippen molar-refractivity contribution in [3.63, 3.8) is 0 Å². The van der Waals surface area contributed by atoms with Crippen LogP contribution >= 0.6 is 11.6 Å². The van der Waals surface area contributed by atoms with E-state index in [1.807, 2.05) is 49.4 Å². The minimum absolute atomic E-state index is 0.0316. The van der Waals surface area contributed by atoms with Crippen LogP contribution in [-0.4, -0.2) is 19.1 Å². The fourth-order valence-electron chi connectivity index (χ4n) is 3.44. The van der Waals surface area contributed by atoms with Crippen molar-refractivity contribution in [3.8, 4) is 5.75 Å². The lowest BCUT2D eigenvalue weighted by molar-refractivity contribution is 0.0945. The number of aryl methyl sites for hydroxylation is 1. The molecule has 2 aromatic carbocycles. The molecule has 0 aromatic heterocycles. The summed E-state index contributed by atoms with van der Waals surface area (Å²) in [6, 6.07) is 13.5. The third kappa shape index (κ3) is 3.01. The predicted molar refractivity (Wildman–Crippen MR) is 97.0 cm³/mol. The van der Waals surface area contributed by atoms with Gasteiger partial charge in [0.1, 0.15) is 5.75 Å². The molecule has 1 aliphatic rings. The standard InChI is InChI=1S/C20H22ClNO2/c1-12-11-15(24-4)9-10-16(12)19(23)22-18-17(20(18,2)3)13-5-7-14(21)8-6-13/h5-11,17-18H,1-4H3,(H,22,23). The second-order valence-electron chi connectivity index (χ2n) is 6.98. The number of benzene rings is 2. The Morgan fingerprint density at radius 1 is 1.17 bits per heavy atom. The monoisotopic (exact) mass is 343 g/mol. The molecule has 0 radical (unpaired) electrons. The third-order valence-corrected chi connectivity index (χ3v) is 5.27. The second kappa shape index (κ2) is 6.14. The van der Waals surface area contributed by atoms with Crippen LogP contribution in [0, 0.1) is 12.3 Å². The lowest BCUT2D eigenvalue weighted by Gasteiger charge is -2.10. The molecule has 1 N–H and O–H groups in total. The highest BCUT2D eigenvalue weighted by Gasteiger charge is 2.59. The number of hydrogen-bond donors (Lipinski definition) is 1. The average Bonchev–Trinajstić information content (AvgIpc) is 3.08.